The third-order valence-electron chi connectivity index (χ3n) is 3.15. The number of carbonyl (C=O) groups excluding carboxylic acids is 1. The first-order valence-electron chi connectivity index (χ1n) is 7.42. The van der Waals surface area contributed by atoms with E-state index in [0.717, 1.165) is 5.56 Å². The Labute approximate surface area is 144 Å². The second kappa shape index (κ2) is 9.07. The van der Waals surface area contributed by atoms with Crippen molar-refractivity contribution in [3.63, 3.8) is 0 Å². The Morgan fingerprint density at radius 1 is 1.20 bits per heavy atom. The van der Waals surface area contributed by atoms with Crippen LogP contribution >= 0.6 is 0 Å². The van der Waals surface area contributed by atoms with Gasteiger partial charge in [-0.15, -0.1) is 0 Å². The summed E-state index contributed by atoms with van der Waals surface area (Å²) in [5.41, 5.74) is 0.830. The van der Waals surface area contributed by atoms with Crippen molar-refractivity contribution in [3.05, 3.63) is 70.3 Å². The number of hydrogen-bond donors (Lipinski definition) is 0. The van der Waals surface area contributed by atoms with Gasteiger partial charge in [0.15, 0.2) is 6.61 Å². The summed E-state index contributed by atoms with van der Waals surface area (Å²) in [4.78, 5) is 21.9. The third kappa shape index (κ3) is 5.65. The summed E-state index contributed by atoms with van der Waals surface area (Å²) in [6.45, 7) is -0.180. The van der Waals surface area contributed by atoms with Crippen molar-refractivity contribution in [2.45, 2.75) is 0 Å². The van der Waals surface area contributed by atoms with Gasteiger partial charge in [-0.05, 0) is 17.7 Å². The fourth-order valence-corrected chi connectivity index (χ4v) is 1.97. The van der Waals surface area contributed by atoms with Crippen LogP contribution in [0, 0.1) is 10.1 Å². The Morgan fingerprint density at radius 3 is 2.64 bits per heavy atom. The van der Waals surface area contributed by atoms with Crippen LogP contribution in [-0.4, -0.2) is 31.2 Å². The van der Waals surface area contributed by atoms with Gasteiger partial charge in [0.1, 0.15) is 12.4 Å². The summed E-state index contributed by atoms with van der Waals surface area (Å²) in [7, 11) is 1.32. The van der Waals surface area contributed by atoms with Gasteiger partial charge in [0.2, 0.25) is 5.75 Å². The van der Waals surface area contributed by atoms with E-state index in [9.17, 15) is 14.9 Å². The number of benzene rings is 2. The molecule has 0 unspecified atom stereocenters. The molecule has 2 aromatic rings. The summed E-state index contributed by atoms with van der Waals surface area (Å²) in [5.74, 6) is -0.212. The fourth-order valence-electron chi connectivity index (χ4n) is 1.97. The molecule has 2 rings (SSSR count). The molecule has 0 spiro atoms. The van der Waals surface area contributed by atoms with Gasteiger partial charge < -0.3 is 14.2 Å². The zero-order chi connectivity index (χ0) is 18.1. The molecule has 0 atom stereocenters. The first-order chi connectivity index (χ1) is 12.1. The molecule has 130 valence electrons. The standard InChI is InChI=1S/C18H17NO6/c1-23-17-12-15(9-10-16(17)19(21)22)25-13-18(20)24-11-5-8-14-6-3-2-4-7-14/h2-10,12H,11,13H2,1H3/b8-5+. The van der Waals surface area contributed by atoms with Gasteiger partial charge in [0, 0.05) is 12.1 Å². The number of hydrogen-bond acceptors (Lipinski definition) is 6. The topological polar surface area (TPSA) is 87.9 Å². The molecular weight excluding hydrogens is 326 g/mol. The molecule has 0 aliphatic rings. The molecule has 7 nitrogen and oxygen atoms in total. The minimum absolute atomic E-state index is 0.0571. The second-order valence-electron chi connectivity index (χ2n) is 4.88. The van der Waals surface area contributed by atoms with Crippen LogP contribution in [0.15, 0.2) is 54.6 Å². The van der Waals surface area contributed by atoms with Gasteiger partial charge in [0.05, 0.1) is 12.0 Å². The molecule has 0 bridgehead atoms. The van der Waals surface area contributed by atoms with Crippen molar-refractivity contribution in [1.82, 2.24) is 0 Å². The van der Waals surface area contributed by atoms with Gasteiger partial charge in [-0.3, -0.25) is 10.1 Å². The van der Waals surface area contributed by atoms with Gasteiger partial charge in [-0.2, -0.15) is 0 Å². The Bertz CT molecular complexity index is 757. The SMILES string of the molecule is COc1cc(OCC(=O)OC/C=C/c2ccccc2)ccc1[N+](=O)[O-]. The van der Waals surface area contributed by atoms with Crippen molar-refractivity contribution >= 4 is 17.7 Å². The van der Waals surface area contributed by atoms with Crippen LogP contribution in [0.5, 0.6) is 11.5 Å². The van der Waals surface area contributed by atoms with E-state index in [1.54, 1.807) is 6.08 Å². The highest BCUT2D eigenvalue weighted by molar-refractivity contribution is 5.71. The Hall–Kier alpha value is -3.35. The first kappa shape index (κ1) is 18.0. The van der Waals surface area contributed by atoms with Crippen LogP contribution < -0.4 is 9.47 Å². The Balaban J connectivity index is 1.80. The molecule has 0 N–H and O–H groups in total. The highest BCUT2D eigenvalue weighted by Gasteiger charge is 2.15. The lowest BCUT2D eigenvalue weighted by molar-refractivity contribution is -0.385. The van der Waals surface area contributed by atoms with Crippen LogP contribution in [-0.2, 0) is 9.53 Å². The van der Waals surface area contributed by atoms with E-state index in [1.807, 2.05) is 36.4 Å². The van der Waals surface area contributed by atoms with Crippen molar-refractivity contribution in [2.24, 2.45) is 0 Å². The second-order valence-corrected chi connectivity index (χ2v) is 4.88. The van der Waals surface area contributed by atoms with E-state index < -0.39 is 10.9 Å². The minimum atomic E-state index is -0.560. The smallest absolute Gasteiger partial charge is 0.344 e. The zero-order valence-corrected chi connectivity index (χ0v) is 13.6. The van der Waals surface area contributed by atoms with Crippen LogP contribution in [0.3, 0.4) is 0 Å². The lowest BCUT2D eigenvalue weighted by Crippen LogP contribution is -2.14. The average Bonchev–Trinajstić information content (AvgIpc) is 2.64. The number of carbonyl (C=O) groups is 1. The van der Waals surface area contributed by atoms with E-state index in [2.05, 4.69) is 0 Å². The fraction of sp³-hybridized carbons (Fsp3) is 0.167. The van der Waals surface area contributed by atoms with Crippen LogP contribution in [0.25, 0.3) is 6.08 Å². The van der Waals surface area contributed by atoms with E-state index >= 15 is 0 Å². The third-order valence-corrected chi connectivity index (χ3v) is 3.15. The number of esters is 1. The molecule has 0 amide bonds. The summed E-state index contributed by atoms with van der Waals surface area (Å²) in [5, 5.41) is 10.8. The number of ether oxygens (including phenoxy) is 3. The maximum absolute atomic E-state index is 11.6. The lowest BCUT2D eigenvalue weighted by Gasteiger charge is -2.07. The number of rotatable bonds is 8. The van der Waals surface area contributed by atoms with E-state index in [0.29, 0.717) is 0 Å². The zero-order valence-electron chi connectivity index (χ0n) is 13.6. The van der Waals surface area contributed by atoms with Crippen LogP contribution in [0.4, 0.5) is 5.69 Å². The highest BCUT2D eigenvalue weighted by Crippen LogP contribution is 2.30. The number of nitro benzene ring substituents is 1. The largest absolute Gasteiger partial charge is 0.490 e. The van der Waals surface area contributed by atoms with E-state index in [-0.39, 0.29) is 30.4 Å². The monoisotopic (exact) mass is 343 g/mol. The molecule has 2 aromatic carbocycles. The normalized spacial score (nSPS) is 10.4. The average molecular weight is 343 g/mol. The van der Waals surface area contributed by atoms with Crippen LogP contribution in [0.2, 0.25) is 0 Å². The number of nitrogens with zero attached hydrogens (tertiary/aromatic N) is 1. The van der Waals surface area contributed by atoms with Gasteiger partial charge in [-0.25, -0.2) is 4.79 Å². The molecule has 0 fully saturated rings. The predicted octanol–water partition coefficient (Wildman–Crippen LogP) is 3.24. The molecule has 7 heteroatoms. The summed E-state index contributed by atoms with van der Waals surface area (Å²) < 4.78 is 15.2. The summed E-state index contributed by atoms with van der Waals surface area (Å²) in [6.07, 6.45) is 3.57. The minimum Gasteiger partial charge on any atom is -0.490 e. The molecular formula is C18H17NO6. The maximum Gasteiger partial charge on any atom is 0.344 e. The molecule has 0 saturated heterocycles. The molecule has 0 aromatic heterocycles. The van der Waals surface area contributed by atoms with Crippen LogP contribution in [0.1, 0.15) is 5.56 Å². The van der Waals surface area contributed by atoms with Crippen molar-refractivity contribution in [2.75, 3.05) is 20.3 Å². The molecule has 0 heterocycles. The van der Waals surface area contributed by atoms with Gasteiger partial charge in [0.25, 0.3) is 0 Å². The quantitative estimate of drug-likeness (QED) is 0.415. The molecule has 0 radical (unpaired) electrons. The maximum atomic E-state index is 11.6. The predicted molar refractivity (Wildman–Crippen MR) is 91.6 cm³/mol. The van der Waals surface area contributed by atoms with Gasteiger partial charge >= 0.3 is 11.7 Å². The number of methoxy groups -OCH3 is 1. The van der Waals surface area contributed by atoms with Gasteiger partial charge in [-0.1, -0.05) is 36.4 Å². The number of nitro groups is 1. The van der Waals surface area contributed by atoms with Crippen molar-refractivity contribution < 1.29 is 23.9 Å². The van der Waals surface area contributed by atoms with Crippen molar-refractivity contribution in [3.8, 4) is 11.5 Å². The Kier molecular flexibility index (Phi) is 6.53. The lowest BCUT2D eigenvalue weighted by atomic mass is 10.2. The highest BCUT2D eigenvalue weighted by atomic mass is 16.6. The van der Waals surface area contributed by atoms with E-state index in [1.165, 1.54) is 25.3 Å². The van der Waals surface area contributed by atoms with Crippen molar-refractivity contribution in [1.29, 1.82) is 0 Å². The van der Waals surface area contributed by atoms with E-state index in [4.69, 9.17) is 14.2 Å². The first-order valence-corrected chi connectivity index (χ1v) is 7.42. The molecule has 0 aliphatic heterocycles. The molecule has 0 aliphatic carbocycles. The molecule has 25 heavy (non-hydrogen) atoms. The Morgan fingerprint density at radius 2 is 1.96 bits per heavy atom. The summed E-state index contributed by atoms with van der Waals surface area (Å²) in [6, 6.07) is 13.6. The summed E-state index contributed by atoms with van der Waals surface area (Å²) >= 11 is 0. The molecule has 0 saturated carbocycles.